The summed E-state index contributed by atoms with van der Waals surface area (Å²) in [5, 5.41) is 4.28. The number of aryl methyl sites for hydroxylation is 1. The predicted molar refractivity (Wildman–Crippen MR) is 68.6 cm³/mol. The Hall–Kier alpha value is -0.900. The van der Waals surface area contributed by atoms with Crippen LogP contribution in [0.1, 0.15) is 57.7 Å². The third-order valence-electron chi connectivity index (χ3n) is 3.74. The number of nitrogens with two attached hydrogens (primary N) is 1. The summed E-state index contributed by atoms with van der Waals surface area (Å²) in [4.78, 5) is 4.38. The van der Waals surface area contributed by atoms with Crippen LogP contribution in [-0.4, -0.2) is 20.3 Å². The molecule has 1 saturated carbocycles. The zero-order chi connectivity index (χ0) is 12.1. The highest BCUT2D eigenvalue weighted by Crippen LogP contribution is 2.27. The van der Waals surface area contributed by atoms with Gasteiger partial charge in [0.05, 0.1) is 0 Å². The third kappa shape index (κ3) is 3.28. The molecule has 1 aliphatic rings. The molecular formula is C13H24N4. The maximum atomic E-state index is 6.53. The summed E-state index contributed by atoms with van der Waals surface area (Å²) < 4.78 is 2.01. The van der Waals surface area contributed by atoms with Crippen LogP contribution in [0.5, 0.6) is 0 Å². The second kappa shape index (κ2) is 5.63. The van der Waals surface area contributed by atoms with Gasteiger partial charge in [-0.3, -0.25) is 4.68 Å². The van der Waals surface area contributed by atoms with Crippen LogP contribution in [0.4, 0.5) is 0 Å². The van der Waals surface area contributed by atoms with Crippen LogP contribution in [0.15, 0.2) is 6.33 Å². The van der Waals surface area contributed by atoms with Crippen LogP contribution in [0, 0.1) is 0 Å². The van der Waals surface area contributed by atoms with E-state index in [0.29, 0.717) is 0 Å². The fourth-order valence-electron chi connectivity index (χ4n) is 2.75. The second-order valence-electron chi connectivity index (χ2n) is 5.35. The van der Waals surface area contributed by atoms with Gasteiger partial charge in [0.1, 0.15) is 12.2 Å². The quantitative estimate of drug-likeness (QED) is 0.816. The van der Waals surface area contributed by atoms with Gasteiger partial charge in [0.2, 0.25) is 0 Å². The average Bonchev–Trinajstić information content (AvgIpc) is 2.60. The normalized spacial score (nSPS) is 20.1. The molecule has 0 saturated heterocycles. The summed E-state index contributed by atoms with van der Waals surface area (Å²) in [5.74, 6) is 1.07. The van der Waals surface area contributed by atoms with Gasteiger partial charge in [-0.15, -0.1) is 0 Å². The molecule has 0 spiro atoms. The Morgan fingerprint density at radius 1 is 1.29 bits per heavy atom. The standard InChI is InChI=1S/C13H24N4/c1-2-9-17-12(15-11-16-17)10-13(14)7-5-3-4-6-8-13/h11H,2-10,14H2,1H3. The van der Waals surface area contributed by atoms with Crippen LogP contribution in [0.2, 0.25) is 0 Å². The molecule has 4 heteroatoms. The van der Waals surface area contributed by atoms with Crippen molar-refractivity contribution in [3.05, 3.63) is 12.2 Å². The highest BCUT2D eigenvalue weighted by molar-refractivity contribution is 4.98. The van der Waals surface area contributed by atoms with E-state index in [4.69, 9.17) is 5.73 Å². The molecule has 2 N–H and O–H groups in total. The Bertz CT molecular complexity index is 337. The van der Waals surface area contributed by atoms with Gasteiger partial charge in [-0.1, -0.05) is 32.6 Å². The number of aromatic nitrogens is 3. The van der Waals surface area contributed by atoms with E-state index < -0.39 is 0 Å². The van der Waals surface area contributed by atoms with Gasteiger partial charge in [-0.05, 0) is 19.3 Å². The van der Waals surface area contributed by atoms with Crippen LogP contribution in [0.3, 0.4) is 0 Å². The Balaban J connectivity index is 2.04. The lowest BCUT2D eigenvalue weighted by Gasteiger charge is -2.27. The molecule has 2 rings (SSSR count). The Morgan fingerprint density at radius 3 is 2.65 bits per heavy atom. The van der Waals surface area contributed by atoms with Gasteiger partial charge in [0, 0.05) is 18.5 Å². The number of hydrogen-bond acceptors (Lipinski definition) is 3. The summed E-state index contributed by atoms with van der Waals surface area (Å²) >= 11 is 0. The maximum absolute atomic E-state index is 6.53. The summed E-state index contributed by atoms with van der Waals surface area (Å²) in [6.07, 6.45) is 11.1. The third-order valence-corrected chi connectivity index (χ3v) is 3.74. The smallest absolute Gasteiger partial charge is 0.138 e. The molecule has 1 fully saturated rings. The maximum Gasteiger partial charge on any atom is 0.138 e. The van der Waals surface area contributed by atoms with Crippen molar-refractivity contribution < 1.29 is 0 Å². The first-order valence-electron chi connectivity index (χ1n) is 6.89. The summed E-state index contributed by atoms with van der Waals surface area (Å²) in [6, 6.07) is 0. The van der Waals surface area contributed by atoms with Gasteiger partial charge in [-0.25, -0.2) is 4.98 Å². The largest absolute Gasteiger partial charge is 0.325 e. The van der Waals surface area contributed by atoms with Crippen molar-refractivity contribution in [3.8, 4) is 0 Å². The highest BCUT2D eigenvalue weighted by Gasteiger charge is 2.28. The van der Waals surface area contributed by atoms with Crippen LogP contribution in [-0.2, 0) is 13.0 Å². The van der Waals surface area contributed by atoms with Gasteiger partial charge in [-0.2, -0.15) is 5.10 Å². The monoisotopic (exact) mass is 236 g/mol. The zero-order valence-corrected chi connectivity index (χ0v) is 10.9. The SMILES string of the molecule is CCCn1ncnc1CC1(N)CCCCCC1. The van der Waals surface area contributed by atoms with Crippen molar-refractivity contribution in [3.63, 3.8) is 0 Å². The predicted octanol–water partition coefficient (Wildman–Crippen LogP) is 2.28. The first-order chi connectivity index (χ1) is 8.23. The molecule has 1 aliphatic carbocycles. The van der Waals surface area contributed by atoms with Crippen molar-refractivity contribution in [2.75, 3.05) is 0 Å². The van der Waals surface area contributed by atoms with Crippen molar-refractivity contribution in [1.29, 1.82) is 0 Å². The van der Waals surface area contributed by atoms with Crippen molar-refractivity contribution in [1.82, 2.24) is 14.8 Å². The summed E-state index contributed by atoms with van der Waals surface area (Å²) in [6.45, 7) is 3.11. The lowest BCUT2D eigenvalue weighted by atomic mass is 9.87. The highest BCUT2D eigenvalue weighted by atomic mass is 15.3. The molecule has 0 unspecified atom stereocenters. The van der Waals surface area contributed by atoms with E-state index in [1.165, 1.54) is 25.7 Å². The molecule has 1 heterocycles. The summed E-state index contributed by atoms with van der Waals surface area (Å²) in [7, 11) is 0. The Labute approximate surface area is 104 Å². The first kappa shape index (κ1) is 12.6. The number of nitrogens with zero attached hydrogens (tertiary/aromatic N) is 3. The van der Waals surface area contributed by atoms with E-state index in [1.807, 2.05) is 4.68 Å². The molecule has 17 heavy (non-hydrogen) atoms. The average molecular weight is 236 g/mol. The number of hydrogen-bond donors (Lipinski definition) is 1. The van der Waals surface area contributed by atoms with Crippen molar-refractivity contribution >= 4 is 0 Å². The van der Waals surface area contributed by atoms with Gasteiger partial charge < -0.3 is 5.73 Å². The van der Waals surface area contributed by atoms with Crippen molar-refractivity contribution in [2.45, 2.75) is 70.4 Å². The topological polar surface area (TPSA) is 56.7 Å². The lowest BCUT2D eigenvalue weighted by Crippen LogP contribution is -2.42. The first-order valence-corrected chi connectivity index (χ1v) is 6.89. The van der Waals surface area contributed by atoms with Crippen molar-refractivity contribution in [2.24, 2.45) is 5.73 Å². The van der Waals surface area contributed by atoms with E-state index in [9.17, 15) is 0 Å². The zero-order valence-electron chi connectivity index (χ0n) is 10.9. The van der Waals surface area contributed by atoms with E-state index in [1.54, 1.807) is 6.33 Å². The van der Waals surface area contributed by atoms with E-state index in [-0.39, 0.29) is 5.54 Å². The Kier molecular flexibility index (Phi) is 4.15. The molecule has 1 aromatic heterocycles. The molecule has 1 aromatic rings. The van der Waals surface area contributed by atoms with Gasteiger partial charge in [0.25, 0.3) is 0 Å². The van der Waals surface area contributed by atoms with Gasteiger partial charge in [0.15, 0.2) is 0 Å². The molecular weight excluding hydrogens is 212 g/mol. The number of rotatable bonds is 4. The fourth-order valence-corrected chi connectivity index (χ4v) is 2.75. The molecule has 4 nitrogen and oxygen atoms in total. The van der Waals surface area contributed by atoms with Gasteiger partial charge >= 0.3 is 0 Å². The minimum atomic E-state index is -0.0466. The summed E-state index contributed by atoms with van der Waals surface area (Å²) in [5.41, 5.74) is 6.49. The molecule has 0 atom stereocenters. The Morgan fingerprint density at radius 2 is 2.00 bits per heavy atom. The molecule has 96 valence electrons. The molecule has 0 aromatic carbocycles. The van der Waals surface area contributed by atoms with E-state index in [0.717, 1.165) is 38.1 Å². The minimum Gasteiger partial charge on any atom is -0.325 e. The van der Waals surface area contributed by atoms with Crippen LogP contribution in [0.25, 0.3) is 0 Å². The second-order valence-corrected chi connectivity index (χ2v) is 5.35. The fraction of sp³-hybridized carbons (Fsp3) is 0.846. The molecule has 0 bridgehead atoms. The van der Waals surface area contributed by atoms with E-state index in [2.05, 4.69) is 17.0 Å². The lowest BCUT2D eigenvalue weighted by molar-refractivity contribution is 0.353. The minimum absolute atomic E-state index is 0.0466. The van der Waals surface area contributed by atoms with Crippen LogP contribution < -0.4 is 5.73 Å². The van der Waals surface area contributed by atoms with E-state index >= 15 is 0 Å². The molecule has 0 amide bonds. The molecule has 0 radical (unpaired) electrons. The molecule has 0 aliphatic heterocycles. The van der Waals surface area contributed by atoms with Crippen LogP contribution >= 0.6 is 0 Å².